The summed E-state index contributed by atoms with van der Waals surface area (Å²) in [5.74, 6) is 6.08. The highest BCUT2D eigenvalue weighted by Crippen LogP contribution is 2.40. The summed E-state index contributed by atoms with van der Waals surface area (Å²) >= 11 is 2.94. The van der Waals surface area contributed by atoms with E-state index in [1.165, 1.54) is 35.5 Å². The molecule has 0 atom stereocenters. The number of anilines is 4. The van der Waals surface area contributed by atoms with E-state index in [1.807, 2.05) is 36.1 Å². The average molecular weight is 744 g/mol. The zero-order chi connectivity index (χ0) is 37.0. The molecule has 0 unspecified atom stereocenters. The Morgan fingerprint density at radius 2 is 1.92 bits per heavy atom. The Hall–Kier alpha value is -5.33. The Morgan fingerprint density at radius 3 is 2.67 bits per heavy atom. The number of halogens is 1. The second-order valence-electron chi connectivity index (χ2n) is 13.0. The molecular weight excluding hydrogens is 706 g/mol. The standard InChI is InChI=1S/C37H38FN7O5S2/c1-22-24-17-19-45(32(24)43-42-31(22)41-34-39-26-12-7-8-13-28(26)51-34)35-40-30(33(46)48-6)29(52-35)14-10-20-49-27-16-15-23(21-25(27)38)11-9-18-44(5)36(47)50-37(2,3)4/h7-8,12-13,15-16,21H,10,14,17-20H2,1-6H3,(H,39,41,42). The van der Waals surface area contributed by atoms with Crippen LogP contribution in [0.5, 0.6) is 5.75 Å². The number of nitrogens with zero attached hydrogens (tertiary/aromatic N) is 6. The van der Waals surface area contributed by atoms with Crippen LogP contribution in [-0.4, -0.2) is 76.6 Å². The van der Waals surface area contributed by atoms with Crippen LogP contribution in [0.4, 0.5) is 31.1 Å². The number of nitrogens with one attached hydrogen (secondary N) is 1. The molecule has 0 spiro atoms. The lowest BCUT2D eigenvalue weighted by molar-refractivity contribution is 0.0320. The van der Waals surface area contributed by atoms with Gasteiger partial charge in [0.05, 0.1) is 30.5 Å². The summed E-state index contributed by atoms with van der Waals surface area (Å²) in [6.07, 6.45) is 1.22. The van der Waals surface area contributed by atoms with Gasteiger partial charge in [-0.2, -0.15) is 0 Å². The van der Waals surface area contributed by atoms with Gasteiger partial charge < -0.3 is 29.3 Å². The quantitative estimate of drug-likeness (QED) is 0.0870. The van der Waals surface area contributed by atoms with Crippen LogP contribution in [-0.2, 0) is 22.3 Å². The van der Waals surface area contributed by atoms with Crippen molar-refractivity contribution in [3.05, 3.63) is 75.5 Å². The van der Waals surface area contributed by atoms with Gasteiger partial charge >= 0.3 is 12.1 Å². The first-order valence-corrected chi connectivity index (χ1v) is 18.2. The van der Waals surface area contributed by atoms with E-state index in [4.69, 9.17) is 14.2 Å². The van der Waals surface area contributed by atoms with E-state index in [0.29, 0.717) is 41.7 Å². The fraction of sp³-hybridized carbons (Fsp3) is 0.351. The molecule has 1 amide bonds. The van der Waals surface area contributed by atoms with Gasteiger partial charge in [0.1, 0.15) is 5.60 Å². The Kier molecular flexibility index (Phi) is 10.9. The van der Waals surface area contributed by atoms with Crippen LogP contribution >= 0.6 is 22.7 Å². The van der Waals surface area contributed by atoms with Gasteiger partial charge in [0.15, 0.2) is 39.2 Å². The summed E-state index contributed by atoms with van der Waals surface area (Å²) in [7, 11) is 2.91. The number of para-hydroxylation sites is 1. The molecule has 0 saturated carbocycles. The Labute approximate surface area is 309 Å². The minimum Gasteiger partial charge on any atom is -0.491 e. The predicted molar refractivity (Wildman–Crippen MR) is 200 cm³/mol. The first-order valence-electron chi connectivity index (χ1n) is 16.6. The second kappa shape index (κ2) is 15.5. The molecule has 0 bridgehead atoms. The van der Waals surface area contributed by atoms with Crippen molar-refractivity contribution in [3.63, 3.8) is 0 Å². The highest BCUT2D eigenvalue weighted by atomic mass is 32.1. The zero-order valence-electron chi connectivity index (χ0n) is 29.7. The zero-order valence-corrected chi connectivity index (χ0v) is 31.3. The van der Waals surface area contributed by atoms with Crippen molar-refractivity contribution in [1.29, 1.82) is 0 Å². The number of hydrogen-bond donors (Lipinski definition) is 1. The second-order valence-corrected chi connectivity index (χ2v) is 15.1. The molecule has 0 radical (unpaired) electrons. The van der Waals surface area contributed by atoms with Crippen LogP contribution in [0.1, 0.15) is 59.2 Å². The van der Waals surface area contributed by atoms with Crippen molar-refractivity contribution in [2.24, 2.45) is 0 Å². The summed E-state index contributed by atoms with van der Waals surface area (Å²) < 4.78 is 32.0. The number of methoxy groups -OCH3 is 1. The molecular formula is C37H38FN7O5S2. The molecule has 270 valence electrons. The molecule has 0 aliphatic carbocycles. The summed E-state index contributed by atoms with van der Waals surface area (Å²) in [6, 6.07) is 12.4. The number of rotatable bonds is 10. The third-order valence-corrected chi connectivity index (χ3v) is 10.1. The molecule has 6 rings (SSSR count). The number of fused-ring (bicyclic) bond motifs is 2. The van der Waals surface area contributed by atoms with Crippen LogP contribution in [0, 0.1) is 24.6 Å². The number of carbonyl (C=O) groups is 2. The monoisotopic (exact) mass is 743 g/mol. The maximum Gasteiger partial charge on any atom is 0.410 e. The SMILES string of the molecule is COC(=O)c1nc(N2CCc3c2nnc(Nc2nc4ccccc4s2)c3C)sc1CCCOc1ccc(C#CCN(C)C(=O)OC(C)(C)C)cc1F. The fourth-order valence-corrected chi connectivity index (χ4v) is 7.36. The van der Waals surface area contributed by atoms with Crippen LogP contribution < -0.4 is 15.0 Å². The van der Waals surface area contributed by atoms with E-state index >= 15 is 0 Å². The number of esters is 1. The topological polar surface area (TPSA) is 132 Å². The molecule has 3 aromatic heterocycles. The van der Waals surface area contributed by atoms with E-state index in [1.54, 1.807) is 45.2 Å². The average Bonchev–Trinajstić information content (AvgIpc) is 3.84. The van der Waals surface area contributed by atoms with Crippen molar-refractivity contribution in [3.8, 4) is 17.6 Å². The number of aryl methyl sites for hydroxylation is 1. The Morgan fingerprint density at radius 1 is 1.12 bits per heavy atom. The summed E-state index contributed by atoms with van der Waals surface area (Å²) in [4.78, 5) is 38.2. The van der Waals surface area contributed by atoms with Crippen molar-refractivity contribution >= 4 is 66.9 Å². The van der Waals surface area contributed by atoms with Gasteiger partial charge in [0.25, 0.3) is 0 Å². The Balaban J connectivity index is 1.07. The highest BCUT2D eigenvalue weighted by molar-refractivity contribution is 7.22. The molecule has 52 heavy (non-hydrogen) atoms. The predicted octanol–water partition coefficient (Wildman–Crippen LogP) is 7.44. The normalized spacial score (nSPS) is 12.2. The van der Waals surface area contributed by atoms with Gasteiger partial charge in [0.2, 0.25) is 0 Å². The van der Waals surface area contributed by atoms with E-state index in [-0.39, 0.29) is 24.6 Å². The van der Waals surface area contributed by atoms with E-state index in [0.717, 1.165) is 37.8 Å². The summed E-state index contributed by atoms with van der Waals surface area (Å²) in [5.41, 5.74) is 3.03. The minimum absolute atomic E-state index is 0.0919. The lowest BCUT2D eigenvalue weighted by Gasteiger charge is -2.23. The van der Waals surface area contributed by atoms with E-state index < -0.39 is 23.5 Å². The van der Waals surface area contributed by atoms with Gasteiger partial charge in [-0.25, -0.2) is 23.9 Å². The molecule has 12 nitrogen and oxygen atoms in total. The first-order chi connectivity index (χ1) is 24.9. The maximum absolute atomic E-state index is 14.9. The van der Waals surface area contributed by atoms with E-state index in [2.05, 4.69) is 37.3 Å². The number of amides is 1. The number of ether oxygens (including phenoxy) is 3. The summed E-state index contributed by atoms with van der Waals surface area (Å²) in [6.45, 7) is 8.34. The van der Waals surface area contributed by atoms with Gasteiger partial charge in [0, 0.05) is 35.2 Å². The third-order valence-electron chi connectivity index (χ3n) is 7.97. The molecule has 1 aliphatic rings. The van der Waals surface area contributed by atoms with Crippen LogP contribution in [0.15, 0.2) is 42.5 Å². The Bertz CT molecular complexity index is 2150. The van der Waals surface area contributed by atoms with Gasteiger partial charge in [-0.3, -0.25) is 0 Å². The molecule has 2 aromatic carbocycles. The first kappa shape index (κ1) is 36.5. The van der Waals surface area contributed by atoms with Crippen LogP contribution in [0.3, 0.4) is 0 Å². The van der Waals surface area contributed by atoms with Crippen molar-refractivity contribution in [2.45, 2.75) is 52.6 Å². The number of benzene rings is 2. The highest BCUT2D eigenvalue weighted by Gasteiger charge is 2.30. The lowest BCUT2D eigenvalue weighted by atomic mass is 10.1. The maximum atomic E-state index is 14.9. The fourth-order valence-electron chi connectivity index (χ4n) is 5.38. The van der Waals surface area contributed by atoms with Crippen LogP contribution in [0.25, 0.3) is 10.2 Å². The smallest absolute Gasteiger partial charge is 0.410 e. The largest absolute Gasteiger partial charge is 0.491 e. The molecule has 4 heterocycles. The summed E-state index contributed by atoms with van der Waals surface area (Å²) in [5, 5.41) is 13.7. The number of aromatic nitrogens is 4. The van der Waals surface area contributed by atoms with Crippen molar-refractivity contribution in [2.75, 3.05) is 44.1 Å². The molecule has 0 fully saturated rings. The lowest BCUT2D eigenvalue weighted by Crippen LogP contribution is -2.34. The van der Waals surface area contributed by atoms with E-state index in [9.17, 15) is 14.0 Å². The number of hydrogen-bond acceptors (Lipinski definition) is 13. The van der Waals surface area contributed by atoms with Crippen LogP contribution in [0.2, 0.25) is 0 Å². The third kappa shape index (κ3) is 8.41. The molecule has 0 saturated heterocycles. The van der Waals surface area contributed by atoms with Gasteiger partial charge in [-0.1, -0.05) is 35.3 Å². The number of thiazole rings is 2. The molecule has 1 N–H and O–H groups in total. The van der Waals surface area contributed by atoms with Crippen molar-refractivity contribution < 1.29 is 28.2 Å². The molecule has 15 heteroatoms. The number of carbonyl (C=O) groups excluding carboxylic acids is 2. The van der Waals surface area contributed by atoms with Gasteiger partial charge in [-0.05, 0) is 77.3 Å². The minimum atomic E-state index is -0.607. The molecule has 1 aliphatic heterocycles. The molecule has 5 aromatic rings. The van der Waals surface area contributed by atoms with Gasteiger partial charge in [-0.15, -0.1) is 21.5 Å². The van der Waals surface area contributed by atoms with Crippen molar-refractivity contribution in [1.82, 2.24) is 25.1 Å².